The minimum Gasteiger partial charge on any atom is -0.339 e. The Labute approximate surface area is 157 Å². The van der Waals surface area contributed by atoms with Gasteiger partial charge in [0.25, 0.3) is 0 Å². The van der Waals surface area contributed by atoms with Crippen molar-refractivity contribution in [2.75, 3.05) is 39.3 Å². The van der Waals surface area contributed by atoms with Crippen LogP contribution in [0.5, 0.6) is 0 Å². The molecule has 2 amide bonds. The predicted octanol–water partition coefficient (Wildman–Crippen LogP) is 2.49. The van der Waals surface area contributed by atoms with Gasteiger partial charge in [0, 0.05) is 45.2 Å². The molecule has 5 nitrogen and oxygen atoms in total. The van der Waals surface area contributed by atoms with Crippen LogP contribution in [0.25, 0.3) is 6.08 Å². The number of rotatable bonds is 5. The van der Waals surface area contributed by atoms with Gasteiger partial charge in [-0.3, -0.25) is 14.5 Å². The SMILES string of the molecule is CC(=O)N(CC(=O)N1CCN(C/C=C/c2ccccc2)CC1)C(C)(C)C. The van der Waals surface area contributed by atoms with Gasteiger partial charge in [-0.05, 0) is 26.3 Å². The van der Waals surface area contributed by atoms with Crippen LogP contribution in [0.3, 0.4) is 0 Å². The fourth-order valence-corrected chi connectivity index (χ4v) is 3.14. The second-order valence-electron chi connectivity index (χ2n) is 7.77. The zero-order chi connectivity index (χ0) is 19.2. The molecule has 1 aromatic rings. The molecule has 142 valence electrons. The highest BCUT2D eigenvalue weighted by Crippen LogP contribution is 2.14. The molecule has 1 aliphatic heterocycles. The number of benzene rings is 1. The van der Waals surface area contributed by atoms with Crippen molar-refractivity contribution in [3.63, 3.8) is 0 Å². The topological polar surface area (TPSA) is 43.9 Å². The fraction of sp³-hybridized carbons (Fsp3) is 0.524. The van der Waals surface area contributed by atoms with Crippen molar-refractivity contribution in [2.45, 2.75) is 33.2 Å². The van der Waals surface area contributed by atoms with Gasteiger partial charge in [-0.25, -0.2) is 0 Å². The average Bonchev–Trinajstić information content (AvgIpc) is 2.59. The maximum Gasteiger partial charge on any atom is 0.242 e. The maximum atomic E-state index is 12.6. The van der Waals surface area contributed by atoms with E-state index in [-0.39, 0.29) is 23.9 Å². The Kier molecular flexibility index (Phi) is 6.98. The summed E-state index contributed by atoms with van der Waals surface area (Å²) in [5, 5.41) is 0. The number of hydrogen-bond acceptors (Lipinski definition) is 3. The molecule has 1 fully saturated rings. The normalized spacial score (nSPS) is 16.1. The standard InChI is InChI=1S/C21H31N3O2/c1-18(25)24(21(2,3)4)17-20(26)23-15-13-22(14-16-23)12-8-11-19-9-6-5-7-10-19/h5-11H,12-17H2,1-4H3/b11-8+. The summed E-state index contributed by atoms with van der Waals surface area (Å²) in [6.07, 6.45) is 4.30. The van der Waals surface area contributed by atoms with E-state index in [0.29, 0.717) is 13.1 Å². The molecule has 1 heterocycles. The molecule has 5 heteroatoms. The molecule has 0 saturated carbocycles. The summed E-state index contributed by atoms with van der Waals surface area (Å²) in [5.74, 6) is -0.0230. The van der Waals surface area contributed by atoms with Gasteiger partial charge >= 0.3 is 0 Å². The third-order valence-corrected chi connectivity index (χ3v) is 4.68. The number of hydrogen-bond donors (Lipinski definition) is 0. The van der Waals surface area contributed by atoms with E-state index in [1.54, 1.807) is 4.90 Å². The predicted molar refractivity (Wildman–Crippen MR) is 106 cm³/mol. The first kappa shape index (κ1) is 20.2. The second kappa shape index (κ2) is 8.99. The lowest BCUT2D eigenvalue weighted by molar-refractivity contribution is -0.144. The van der Waals surface area contributed by atoms with Crippen molar-refractivity contribution in [3.05, 3.63) is 42.0 Å². The van der Waals surface area contributed by atoms with Gasteiger partial charge in [0.05, 0.1) is 0 Å². The number of carbonyl (C=O) groups is 2. The van der Waals surface area contributed by atoms with Crippen molar-refractivity contribution < 1.29 is 9.59 Å². The smallest absolute Gasteiger partial charge is 0.242 e. The third-order valence-electron chi connectivity index (χ3n) is 4.68. The molecule has 1 aliphatic rings. The molecule has 0 radical (unpaired) electrons. The van der Waals surface area contributed by atoms with Crippen molar-refractivity contribution >= 4 is 17.9 Å². The molecule has 0 unspecified atom stereocenters. The number of amides is 2. The van der Waals surface area contributed by atoms with Crippen molar-refractivity contribution in [3.8, 4) is 0 Å². The molecule has 1 saturated heterocycles. The molecular formula is C21H31N3O2. The molecule has 0 bridgehead atoms. The van der Waals surface area contributed by atoms with Crippen LogP contribution in [-0.4, -0.2) is 71.3 Å². The van der Waals surface area contributed by atoms with Gasteiger partial charge in [-0.2, -0.15) is 0 Å². The highest BCUT2D eigenvalue weighted by Gasteiger charge is 2.29. The van der Waals surface area contributed by atoms with E-state index >= 15 is 0 Å². The molecule has 0 atom stereocenters. The van der Waals surface area contributed by atoms with E-state index in [1.807, 2.05) is 43.9 Å². The molecule has 0 spiro atoms. The zero-order valence-electron chi connectivity index (χ0n) is 16.4. The highest BCUT2D eigenvalue weighted by atomic mass is 16.2. The van der Waals surface area contributed by atoms with E-state index in [1.165, 1.54) is 12.5 Å². The molecule has 0 aromatic heterocycles. The third kappa shape index (κ3) is 5.99. The van der Waals surface area contributed by atoms with E-state index in [4.69, 9.17) is 0 Å². The zero-order valence-corrected chi connectivity index (χ0v) is 16.4. The number of piperazine rings is 1. The quantitative estimate of drug-likeness (QED) is 0.813. The first-order chi connectivity index (χ1) is 12.3. The van der Waals surface area contributed by atoms with Crippen LogP contribution >= 0.6 is 0 Å². The van der Waals surface area contributed by atoms with E-state index in [9.17, 15) is 9.59 Å². The van der Waals surface area contributed by atoms with E-state index < -0.39 is 0 Å². The summed E-state index contributed by atoms with van der Waals surface area (Å²) in [5.41, 5.74) is 0.860. The first-order valence-corrected chi connectivity index (χ1v) is 9.27. The van der Waals surface area contributed by atoms with Crippen LogP contribution in [0.2, 0.25) is 0 Å². The summed E-state index contributed by atoms with van der Waals surface area (Å²) in [7, 11) is 0. The lowest BCUT2D eigenvalue weighted by Gasteiger charge is -2.38. The maximum absolute atomic E-state index is 12.6. The molecular weight excluding hydrogens is 326 g/mol. The lowest BCUT2D eigenvalue weighted by atomic mass is 10.1. The molecule has 1 aromatic carbocycles. The summed E-state index contributed by atoms with van der Waals surface area (Å²) in [6, 6.07) is 10.3. The Balaban J connectivity index is 1.79. The molecule has 0 aliphatic carbocycles. The summed E-state index contributed by atoms with van der Waals surface area (Å²) >= 11 is 0. The summed E-state index contributed by atoms with van der Waals surface area (Å²) < 4.78 is 0. The largest absolute Gasteiger partial charge is 0.339 e. The number of nitrogens with zero attached hydrogens (tertiary/aromatic N) is 3. The van der Waals surface area contributed by atoms with Gasteiger partial charge < -0.3 is 9.80 Å². The van der Waals surface area contributed by atoms with Crippen molar-refractivity contribution in [2.24, 2.45) is 0 Å². The van der Waals surface area contributed by atoms with Crippen LogP contribution < -0.4 is 0 Å². The van der Waals surface area contributed by atoms with Crippen LogP contribution in [0.15, 0.2) is 36.4 Å². The van der Waals surface area contributed by atoms with Crippen molar-refractivity contribution in [1.82, 2.24) is 14.7 Å². The van der Waals surface area contributed by atoms with Gasteiger partial charge in [0.15, 0.2) is 0 Å². The van der Waals surface area contributed by atoms with Gasteiger partial charge in [0.2, 0.25) is 11.8 Å². The van der Waals surface area contributed by atoms with E-state index in [0.717, 1.165) is 19.6 Å². The monoisotopic (exact) mass is 357 g/mol. The fourth-order valence-electron chi connectivity index (χ4n) is 3.14. The molecule has 26 heavy (non-hydrogen) atoms. The summed E-state index contributed by atoms with van der Waals surface area (Å²) in [4.78, 5) is 30.3. The molecule has 2 rings (SSSR count). The van der Waals surface area contributed by atoms with Crippen LogP contribution in [0.1, 0.15) is 33.3 Å². The highest BCUT2D eigenvalue weighted by molar-refractivity contribution is 5.84. The first-order valence-electron chi connectivity index (χ1n) is 9.27. The average molecular weight is 357 g/mol. The summed E-state index contributed by atoms with van der Waals surface area (Å²) in [6.45, 7) is 11.6. The van der Waals surface area contributed by atoms with E-state index in [2.05, 4.69) is 29.2 Å². The Morgan fingerprint density at radius 1 is 1.08 bits per heavy atom. The minimum absolute atomic E-state index is 0.0367. The Hall–Kier alpha value is -2.14. The Morgan fingerprint density at radius 2 is 1.69 bits per heavy atom. The Morgan fingerprint density at radius 3 is 2.23 bits per heavy atom. The van der Waals surface area contributed by atoms with Gasteiger partial charge in [-0.1, -0.05) is 42.5 Å². The van der Waals surface area contributed by atoms with Crippen LogP contribution in [0, 0.1) is 0 Å². The minimum atomic E-state index is -0.342. The molecule has 0 N–H and O–H groups in total. The van der Waals surface area contributed by atoms with Crippen LogP contribution in [-0.2, 0) is 9.59 Å². The van der Waals surface area contributed by atoms with Gasteiger partial charge in [-0.15, -0.1) is 0 Å². The number of carbonyl (C=O) groups excluding carboxylic acids is 2. The Bertz CT molecular complexity index is 626. The second-order valence-corrected chi connectivity index (χ2v) is 7.77. The van der Waals surface area contributed by atoms with Crippen LogP contribution in [0.4, 0.5) is 0 Å². The van der Waals surface area contributed by atoms with Crippen molar-refractivity contribution in [1.29, 1.82) is 0 Å². The van der Waals surface area contributed by atoms with Gasteiger partial charge in [0.1, 0.15) is 6.54 Å². The lowest BCUT2D eigenvalue weighted by Crippen LogP contribution is -2.54.